The van der Waals surface area contributed by atoms with Crippen LogP contribution >= 0.6 is 11.3 Å². The number of carbonyl (C=O) groups excluding carboxylic acids is 1. The highest BCUT2D eigenvalue weighted by Gasteiger charge is 2.13. The van der Waals surface area contributed by atoms with E-state index in [9.17, 15) is 20.3 Å². The fourth-order valence-electron chi connectivity index (χ4n) is 2.32. The number of rotatable bonds is 5. The SMILES string of the molecule is CCOc1ccc2nc(NC(=O)/C(C#N)=C/c3ccc(O)c(O)c3)sc2c1. The van der Waals surface area contributed by atoms with E-state index in [2.05, 4.69) is 10.3 Å². The first-order valence-electron chi connectivity index (χ1n) is 7.98. The molecule has 1 heterocycles. The Kier molecular flexibility index (Phi) is 5.24. The third-order valence-electron chi connectivity index (χ3n) is 3.57. The molecule has 3 N–H and O–H groups in total. The van der Waals surface area contributed by atoms with Crippen LogP contribution in [0.3, 0.4) is 0 Å². The summed E-state index contributed by atoms with van der Waals surface area (Å²) in [5.74, 6) is -0.515. The van der Waals surface area contributed by atoms with E-state index < -0.39 is 5.91 Å². The molecule has 2 aromatic carbocycles. The van der Waals surface area contributed by atoms with Crippen molar-refractivity contribution in [3.63, 3.8) is 0 Å². The summed E-state index contributed by atoms with van der Waals surface area (Å²) >= 11 is 1.27. The molecule has 0 spiro atoms. The maximum atomic E-state index is 12.4. The fourth-order valence-corrected chi connectivity index (χ4v) is 3.21. The number of nitriles is 1. The van der Waals surface area contributed by atoms with E-state index in [-0.39, 0.29) is 17.1 Å². The summed E-state index contributed by atoms with van der Waals surface area (Å²) in [7, 11) is 0. The van der Waals surface area contributed by atoms with E-state index >= 15 is 0 Å². The molecular formula is C19H15N3O4S. The van der Waals surface area contributed by atoms with Crippen molar-refractivity contribution < 1.29 is 19.7 Å². The van der Waals surface area contributed by atoms with Crippen molar-refractivity contribution in [3.05, 3.63) is 47.5 Å². The van der Waals surface area contributed by atoms with E-state index in [1.807, 2.05) is 19.1 Å². The number of nitrogens with one attached hydrogen (secondary N) is 1. The summed E-state index contributed by atoms with van der Waals surface area (Å²) in [4.78, 5) is 16.7. The Labute approximate surface area is 158 Å². The maximum absolute atomic E-state index is 12.4. The summed E-state index contributed by atoms with van der Waals surface area (Å²) in [6.45, 7) is 2.45. The summed E-state index contributed by atoms with van der Waals surface area (Å²) in [5.41, 5.74) is 0.960. The van der Waals surface area contributed by atoms with Crippen LogP contribution < -0.4 is 10.1 Å². The van der Waals surface area contributed by atoms with Crippen LogP contribution in [0.4, 0.5) is 5.13 Å². The van der Waals surface area contributed by atoms with Crippen molar-refractivity contribution in [2.75, 3.05) is 11.9 Å². The molecule has 0 aliphatic rings. The summed E-state index contributed by atoms with van der Waals surface area (Å²) in [6, 6.07) is 11.3. The smallest absolute Gasteiger partial charge is 0.268 e. The zero-order valence-corrected chi connectivity index (χ0v) is 15.1. The third-order valence-corrected chi connectivity index (χ3v) is 4.50. The molecule has 0 unspecified atom stereocenters. The van der Waals surface area contributed by atoms with Crippen molar-refractivity contribution >= 4 is 38.7 Å². The van der Waals surface area contributed by atoms with Crippen molar-refractivity contribution in [2.45, 2.75) is 6.92 Å². The van der Waals surface area contributed by atoms with Crippen molar-refractivity contribution in [1.82, 2.24) is 4.98 Å². The van der Waals surface area contributed by atoms with Crippen molar-refractivity contribution in [1.29, 1.82) is 5.26 Å². The molecule has 0 aliphatic heterocycles. The van der Waals surface area contributed by atoms with Gasteiger partial charge in [0.1, 0.15) is 17.4 Å². The van der Waals surface area contributed by atoms with Gasteiger partial charge < -0.3 is 14.9 Å². The molecule has 0 bridgehead atoms. The minimum absolute atomic E-state index is 0.158. The molecule has 0 fully saturated rings. The number of aromatic nitrogens is 1. The molecule has 136 valence electrons. The fraction of sp³-hybridized carbons (Fsp3) is 0.105. The van der Waals surface area contributed by atoms with Gasteiger partial charge in [-0.25, -0.2) is 4.98 Å². The van der Waals surface area contributed by atoms with Gasteiger partial charge in [-0.05, 0) is 48.9 Å². The van der Waals surface area contributed by atoms with E-state index in [1.54, 1.807) is 12.1 Å². The van der Waals surface area contributed by atoms with Crippen LogP contribution in [-0.4, -0.2) is 27.7 Å². The van der Waals surface area contributed by atoms with E-state index in [0.29, 0.717) is 22.8 Å². The number of anilines is 1. The quantitative estimate of drug-likeness (QED) is 0.353. The number of phenolic OH excluding ortho intramolecular Hbond substituents is 2. The van der Waals surface area contributed by atoms with E-state index in [4.69, 9.17) is 4.74 Å². The zero-order valence-electron chi connectivity index (χ0n) is 14.3. The lowest BCUT2D eigenvalue weighted by molar-refractivity contribution is -0.112. The Bertz CT molecular complexity index is 1080. The number of hydrogen-bond donors (Lipinski definition) is 3. The van der Waals surface area contributed by atoms with E-state index in [0.717, 1.165) is 10.4 Å². The molecule has 1 amide bonds. The molecule has 8 heteroatoms. The molecule has 0 aliphatic carbocycles. The standard InChI is InChI=1S/C19H15N3O4S/c1-2-26-13-4-5-14-17(9-13)27-19(21-14)22-18(25)12(10-20)7-11-3-6-15(23)16(24)8-11/h3-9,23-24H,2H2,1H3,(H,21,22,25)/b12-7+. The van der Waals surface area contributed by atoms with Crippen molar-refractivity contribution in [2.24, 2.45) is 0 Å². The molecule has 3 rings (SSSR count). The Hall–Kier alpha value is -3.57. The van der Waals surface area contributed by atoms with Crippen LogP contribution in [0.25, 0.3) is 16.3 Å². The first kappa shape index (κ1) is 18.2. The highest BCUT2D eigenvalue weighted by atomic mass is 32.1. The van der Waals surface area contributed by atoms with Gasteiger partial charge in [-0.1, -0.05) is 17.4 Å². The second-order valence-electron chi connectivity index (χ2n) is 5.45. The minimum atomic E-state index is -0.617. The molecule has 7 nitrogen and oxygen atoms in total. The van der Waals surface area contributed by atoms with Gasteiger partial charge in [0, 0.05) is 0 Å². The molecule has 1 aromatic heterocycles. The Morgan fingerprint density at radius 3 is 2.81 bits per heavy atom. The first-order chi connectivity index (χ1) is 13.0. The average Bonchev–Trinajstić information content (AvgIpc) is 3.04. The van der Waals surface area contributed by atoms with Crippen LogP contribution in [0.15, 0.2) is 42.0 Å². The number of hydrogen-bond acceptors (Lipinski definition) is 7. The predicted molar refractivity (Wildman–Crippen MR) is 103 cm³/mol. The highest BCUT2D eigenvalue weighted by Crippen LogP contribution is 2.30. The average molecular weight is 381 g/mol. The molecule has 27 heavy (non-hydrogen) atoms. The van der Waals surface area contributed by atoms with Gasteiger partial charge >= 0.3 is 0 Å². The number of nitrogens with zero attached hydrogens (tertiary/aromatic N) is 2. The van der Waals surface area contributed by atoms with Gasteiger partial charge in [0.05, 0.1) is 16.8 Å². The maximum Gasteiger partial charge on any atom is 0.268 e. The number of phenols is 2. The monoisotopic (exact) mass is 381 g/mol. The number of thiazole rings is 1. The number of ether oxygens (including phenoxy) is 1. The highest BCUT2D eigenvalue weighted by molar-refractivity contribution is 7.22. The number of fused-ring (bicyclic) bond motifs is 1. The lowest BCUT2D eigenvalue weighted by atomic mass is 10.1. The van der Waals surface area contributed by atoms with Crippen LogP contribution in [-0.2, 0) is 4.79 Å². The predicted octanol–water partition coefficient (Wildman–Crippen LogP) is 3.65. The topological polar surface area (TPSA) is 115 Å². The largest absolute Gasteiger partial charge is 0.504 e. The van der Waals surface area contributed by atoms with Crippen LogP contribution in [0.2, 0.25) is 0 Å². The Morgan fingerprint density at radius 2 is 2.11 bits per heavy atom. The van der Waals surface area contributed by atoms with Gasteiger partial charge in [-0.3, -0.25) is 10.1 Å². The molecule has 0 radical (unpaired) electrons. The molecule has 0 atom stereocenters. The molecule has 3 aromatic rings. The van der Waals surface area contributed by atoms with E-state index in [1.165, 1.54) is 35.6 Å². The second kappa shape index (κ2) is 7.76. The lowest BCUT2D eigenvalue weighted by Crippen LogP contribution is -2.13. The normalized spacial score (nSPS) is 11.2. The summed E-state index contributed by atoms with van der Waals surface area (Å²) in [5, 5.41) is 31.1. The first-order valence-corrected chi connectivity index (χ1v) is 8.80. The summed E-state index contributed by atoms with van der Waals surface area (Å²) in [6.07, 6.45) is 1.31. The number of aromatic hydroxyl groups is 2. The van der Waals surface area contributed by atoms with Crippen LogP contribution in [0.5, 0.6) is 17.2 Å². The minimum Gasteiger partial charge on any atom is -0.504 e. The van der Waals surface area contributed by atoms with Gasteiger partial charge in [-0.2, -0.15) is 5.26 Å². The number of benzene rings is 2. The third kappa shape index (κ3) is 4.16. The summed E-state index contributed by atoms with van der Waals surface area (Å²) < 4.78 is 6.29. The second-order valence-corrected chi connectivity index (χ2v) is 6.48. The Balaban J connectivity index is 1.82. The number of amides is 1. The zero-order chi connectivity index (χ0) is 19.4. The van der Waals surface area contributed by atoms with Gasteiger partial charge in [0.15, 0.2) is 16.6 Å². The van der Waals surface area contributed by atoms with Gasteiger partial charge in [0.2, 0.25) is 0 Å². The molecule has 0 saturated carbocycles. The lowest BCUT2D eigenvalue weighted by Gasteiger charge is -2.01. The van der Waals surface area contributed by atoms with Crippen molar-refractivity contribution in [3.8, 4) is 23.3 Å². The molecular weight excluding hydrogens is 366 g/mol. The molecule has 0 saturated heterocycles. The Morgan fingerprint density at radius 1 is 1.30 bits per heavy atom. The number of carbonyl (C=O) groups is 1. The van der Waals surface area contributed by atoms with Crippen LogP contribution in [0.1, 0.15) is 12.5 Å². The van der Waals surface area contributed by atoms with Gasteiger partial charge in [0.25, 0.3) is 5.91 Å². The van der Waals surface area contributed by atoms with Gasteiger partial charge in [-0.15, -0.1) is 0 Å². The van der Waals surface area contributed by atoms with Crippen LogP contribution in [0, 0.1) is 11.3 Å².